The van der Waals surface area contributed by atoms with Gasteiger partial charge < -0.3 is 9.64 Å². The average Bonchev–Trinajstić information content (AvgIpc) is 3.11. The molecule has 0 aromatic heterocycles. The third kappa shape index (κ3) is 3.77. The minimum absolute atomic E-state index is 0.0115. The number of nitrogens with zero attached hydrogens (tertiary/aromatic N) is 2. The number of carbonyl (C=O) groups is 1. The summed E-state index contributed by atoms with van der Waals surface area (Å²) in [6.45, 7) is 7.53. The largest absolute Gasteiger partial charge is 0.358 e. The van der Waals surface area contributed by atoms with Crippen LogP contribution < -0.4 is 0 Å². The van der Waals surface area contributed by atoms with Crippen molar-refractivity contribution in [3.63, 3.8) is 0 Å². The van der Waals surface area contributed by atoms with Gasteiger partial charge in [-0.15, -0.1) is 0 Å². The maximum atomic E-state index is 13.3. The van der Waals surface area contributed by atoms with E-state index in [2.05, 4.69) is 0 Å². The third-order valence-electron chi connectivity index (χ3n) is 6.03. The third-order valence-corrected chi connectivity index (χ3v) is 7.99. The van der Waals surface area contributed by atoms with Gasteiger partial charge in [0.1, 0.15) is 5.72 Å². The highest BCUT2D eigenvalue weighted by Gasteiger charge is 2.51. The summed E-state index contributed by atoms with van der Waals surface area (Å²) in [5, 5.41) is 0. The molecule has 1 spiro atoms. The second kappa shape index (κ2) is 7.80. The van der Waals surface area contributed by atoms with Crippen molar-refractivity contribution in [2.45, 2.75) is 44.2 Å². The fourth-order valence-corrected chi connectivity index (χ4v) is 6.23. The molecular formula is C23H28N2O4S. The van der Waals surface area contributed by atoms with Crippen LogP contribution >= 0.6 is 0 Å². The van der Waals surface area contributed by atoms with Crippen LogP contribution in [0, 0.1) is 20.8 Å². The van der Waals surface area contributed by atoms with Crippen LogP contribution in [-0.4, -0.2) is 55.5 Å². The van der Waals surface area contributed by atoms with Crippen molar-refractivity contribution in [2.75, 3.05) is 26.2 Å². The van der Waals surface area contributed by atoms with E-state index in [9.17, 15) is 13.2 Å². The van der Waals surface area contributed by atoms with Crippen LogP contribution in [0.2, 0.25) is 0 Å². The number of amides is 1. The van der Waals surface area contributed by atoms with Crippen LogP contribution in [0.3, 0.4) is 0 Å². The summed E-state index contributed by atoms with van der Waals surface area (Å²) in [5.74, 6) is -0.0115. The lowest BCUT2D eigenvalue weighted by molar-refractivity contribution is -0.0857. The van der Waals surface area contributed by atoms with Crippen LogP contribution in [-0.2, 0) is 14.8 Å². The molecule has 6 nitrogen and oxygen atoms in total. The predicted molar refractivity (Wildman–Crippen MR) is 115 cm³/mol. The molecule has 2 aromatic rings. The summed E-state index contributed by atoms with van der Waals surface area (Å²) in [6, 6.07) is 12.8. The smallest absolute Gasteiger partial charge is 0.253 e. The average molecular weight is 429 g/mol. The number of sulfonamides is 1. The molecule has 2 aromatic carbocycles. The summed E-state index contributed by atoms with van der Waals surface area (Å²) in [4.78, 5) is 15.1. The summed E-state index contributed by atoms with van der Waals surface area (Å²) in [7, 11) is -3.66. The number of piperidine rings is 1. The molecular weight excluding hydrogens is 400 g/mol. The highest BCUT2D eigenvalue weighted by atomic mass is 32.2. The number of benzene rings is 2. The van der Waals surface area contributed by atoms with E-state index in [1.54, 1.807) is 17.0 Å². The molecule has 0 N–H and O–H groups in total. The van der Waals surface area contributed by atoms with Crippen LogP contribution in [0.4, 0.5) is 0 Å². The van der Waals surface area contributed by atoms with Gasteiger partial charge in [0.05, 0.1) is 11.5 Å². The number of aryl methyl sites for hydroxylation is 3. The van der Waals surface area contributed by atoms with Crippen molar-refractivity contribution >= 4 is 15.9 Å². The second-order valence-corrected chi connectivity index (χ2v) is 10.2. The van der Waals surface area contributed by atoms with E-state index < -0.39 is 15.7 Å². The lowest BCUT2D eigenvalue weighted by Gasteiger charge is -2.42. The van der Waals surface area contributed by atoms with Gasteiger partial charge in [0, 0.05) is 38.0 Å². The van der Waals surface area contributed by atoms with Crippen molar-refractivity contribution < 1.29 is 17.9 Å². The lowest BCUT2D eigenvalue weighted by Crippen LogP contribution is -2.55. The zero-order chi connectivity index (χ0) is 21.5. The molecule has 2 aliphatic heterocycles. The molecule has 2 heterocycles. The number of rotatable bonds is 3. The molecule has 160 valence electrons. The molecule has 7 heteroatoms. The van der Waals surface area contributed by atoms with Crippen molar-refractivity contribution in [3.8, 4) is 0 Å². The molecule has 2 fully saturated rings. The van der Waals surface area contributed by atoms with E-state index in [1.165, 1.54) is 4.31 Å². The standard InChI is InChI=1S/C23H28N2O4S/c1-17-4-6-21(7-5-17)30(27,28)25-12-13-29-23(25)8-10-24(11-9-23)22(26)20-15-18(2)14-19(3)16-20/h4-7,14-16H,8-13H2,1-3H3. The first kappa shape index (κ1) is 21.0. The Hall–Kier alpha value is -2.22. The molecule has 0 unspecified atom stereocenters. The van der Waals surface area contributed by atoms with E-state index in [0.717, 1.165) is 16.7 Å². The first-order valence-corrected chi connectivity index (χ1v) is 11.8. The van der Waals surface area contributed by atoms with Gasteiger partial charge in [0.2, 0.25) is 10.0 Å². The Labute approximate surface area is 178 Å². The number of hydrogen-bond donors (Lipinski definition) is 0. The second-order valence-electron chi connectivity index (χ2n) is 8.35. The number of likely N-dealkylation sites (tertiary alicyclic amines) is 1. The Morgan fingerprint density at radius 3 is 2.10 bits per heavy atom. The fraction of sp³-hybridized carbons (Fsp3) is 0.435. The Balaban J connectivity index is 1.52. The Morgan fingerprint density at radius 1 is 0.900 bits per heavy atom. The predicted octanol–water partition coefficient (Wildman–Crippen LogP) is 3.27. The molecule has 30 heavy (non-hydrogen) atoms. The quantitative estimate of drug-likeness (QED) is 0.753. The van der Waals surface area contributed by atoms with Crippen molar-refractivity contribution in [2.24, 2.45) is 0 Å². The summed E-state index contributed by atoms with van der Waals surface area (Å²) in [5.41, 5.74) is 2.94. The van der Waals surface area contributed by atoms with Crippen molar-refractivity contribution in [3.05, 3.63) is 64.7 Å². The minimum atomic E-state index is -3.66. The zero-order valence-corrected chi connectivity index (χ0v) is 18.5. The molecule has 1 amide bonds. The van der Waals surface area contributed by atoms with Gasteiger partial charge in [-0.25, -0.2) is 8.42 Å². The van der Waals surface area contributed by atoms with Gasteiger partial charge in [-0.3, -0.25) is 4.79 Å². The number of ether oxygens (including phenoxy) is 1. The topological polar surface area (TPSA) is 66.9 Å². The normalized spacial score (nSPS) is 19.4. The van der Waals surface area contributed by atoms with E-state index in [-0.39, 0.29) is 10.8 Å². The zero-order valence-electron chi connectivity index (χ0n) is 17.7. The summed E-state index contributed by atoms with van der Waals surface area (Å²) < 4.78 is 34.1. The van der Waals surface area contributed by atoms with E-state index in [1.807, 2.05) is 51.1 Å². The number of hydrogen-bond acceptors (Lipinski definition) is 4. The molecule has 0 aliphatic carbocycles. The molecule has 0 bridgehead atoms. The van der Waals surface area contributed by atoms with Gasteiger partial charge in [-0.1, -0.05) is 34.9 Å². The van der Waals surface area contributed by atoms with Crippen molar-refractivity contribution in [1.82, 2.24) is 9.21 Å². The molecule has 0 saturated carbocycles. The monoisotopic (exact) mass is 428 g/mol. The molecule has 2 aliphatic rings. The summed E-state index contributed by atoms with van der Waals surface area (Å²) >= 11 is 0. The van der Waals surface area contributed by atoms with Gasteiger partial charge >= 0.3 is 0 Å². The number of carbonyl (C=O) groups excluding carboxylic acids is 1. The van der Waals surface area contributed by atoms with E-state index >= 15 is 0 Å². The lowest BCUT2D eigenvalue weighted by atomic mass is 9.99. The van der Waals surface area contributed by atoms with Crippen molar-refractivity contribution in [1.29, 1.82) is 0 Å². The first-order chi connectivity index (χ1) is 14.2. The molecule has 2 saturated heterocycles. The van der Waals surface area contributed by atoms with Crippen LogP contribution in [0.5, 0.6) is 0 Å². The van der Waals surface area contributed by atoms with E-state index in [4.69, 9.17) is 4.74 Å². The molecule has 4 rings (SSSR count). The Bertz CT molecular complexity index is 1030. The van der Waals surface area contributed by atoms with Crippen LogP contribution in [0.15, 0.2) is 47.4 Å². The SMILES string of the molecule is Cc1ccc(S(=O)(=O)N2CCOC23CCN(C(=O)c2cc(C)cc(C)c2)CC3)cc1. The fourth-order valence-electron chi connectivity index (χ4n) is 4.50. The van der Waals surface area contributed by atoms with Gasteiger partial charge in [0.15, 0.2) is 0 Å². The maximum absolute atomic E-state index is 13.3. The van der Waals surface area contributed by atoms with Crippen LogP contribution in [0.1, 0.15) is 39.9 Å². The Kier molecular flexibility index (Phi) is 5.46. The minimum Gasteiger partial charge on any atom is -0.358 e. The Morgan fingerprint density at radius 2 is 1.50 bits per heavy atom. The van der Waals surface area contributed by atoms with Gasteiger partial charge in [0.25, 0.3) is 5.91 Å². The molecule has 0 atom stereocenters. The highest BCUT2D eigenvalue weighted by Crippen LogP contribution is 2.38. The maximum Gasteiger partial charge on any atom is 0.253 e. The first-order valence-electron chi connectivity index (χ1n) is 10.3. The highest BCUT2D eigenvalue weighted by molar-refractivity contribution is 7.89. The molecule has 0 radical (unpaired) electrons. The summed E-state index contributed by atoms with van der Waals surface area (Å²) in [6.07, 6.45) is 0.934. The van der Waals surface area contributed by atoms with E-state index in [0.29, 0.717) is 44.6 Å². The van der Waals surface area contributed by atoms with Crippen LogP contribution in [0.25, 0.3) is 0 Å². The van der Waals surface area contributed by atoms with Gasteiger partial charge in [-0.05, 0) is 45.0 Å². The van der Waals surface area contributed by atoms with Gasteiger partial charge in [-0.2, -0.15) is 4.31 Å².